The lowest BCUT2D eigenvalue weighted by Gasteiger charge is -2.45. The van der Waals surface area contributed by atoms with Gasteiger partial charge < -0.3 is 9.94 Å². The number of hydrogen-bond donors (Lipinski definition) is 2. The van der Waals surface area contributed by atoms with Crippen molar-refractivity contribution < 1.29 is 9.94 Å². The SMILES string of the molecule is COC1C(C(C)C)CC(CC(C)C2CC(C)CC2NO)CC1C(C)C. The molecule has 2 N–H and O–H groups in total. The van der Waals surface area contributed by atoms with E-state index >= 15 is 0 Å². The maximum Gasteiger partial charge on any atom is 0.0632 e. The Labute approximate surface area is 156 Å². The van der Waals surface area contributed by atoms with E-state index < -0.39 is 0 Å². The van der Waals surface area contributed by atoms with E-state index in [4.69, 9.17) is 4.74 Å². The van der Waals surface area contributed by atoms with Crippen LogP contribution in [0.25, 0.3) is 0 Å². The highest BCUT2D eigenvalue weighted by atomic mass is 16.5. The summed E-state index contributed by atoms with van der Waals surface area (Å²) >= 11 is 0. The van der Waals surface area contributed by atoms with Crippen molar-refractivity contribution in [2.24, 2.45) is 47.3 Å². The van der Waals surface area contributed by atoms with Crippen molar-refractivity contribution >= 4 is 0 Å². The van der Waals surface area contributed by atoms with Crippen LogP contribution < -0.4 is 5.48 Å². The zero-order valence-electron chi connectivity index (χ0n) is 17.7. The first-order valence-corrected chi connectivity index (χ1v) is 10.7. The van der Waals surface area contributed by atoms with Gasteiger partial charge in [0.15, 0.2) is 0 Å². The molecule has 6 atom stereocenters. The fourth-order valence-corrected chi connectivity index (χ4v) is 6.11. The Hall–Kier alpha value is -0.120. The molecule has 0 amide bonds. The van der Waals surface area contributed by atoms with Gasteiger partial charge in [0, 0.05) is 13.2 Å². The summed E-state index contributed by atoms with van der Waals surface area (Å²) in [5.74, 6) is 5.56. The third-order valence-corrected chi connectivity index (χ3v) is 7.49. The van der Waals surface area contributed by atoms with Crippen molar-refractivity contribution in [3.05, 3.63) is 0 Å². The number of hydroxylamine groups is 1. The Balaban J connectivity index is 2.05. The Morgan fingerprint density at radius 1 is 0.920 bits per heavy atom. The zero-order chi connectivity index (χ0) is 18.7. The van der Waals surface area contributed by atoms with Gasteiger partial charge in [-0.3, -0.25) is 0 Å². The Morgan fingerprint density at radius 3 is 1.92 bits per heavy atom. The topological polar surface area (TPSA) is 41.5 Å². The van der Waals surface area contributed by atoms with E-state index in [1.165, 1.54) is 25.7 Å². The van der Waals surface area contributed by atoms with Crippen LogP contribution in [0.2, 0.25) is 0 Å². The summed E-state index contributed by atoms with van der Waals surface area (Å²) in [6, 6.07) is 0.294. The van der Waals surface area contributed by atoms with Crippen LogP contribution in [0.1, 0.15) is 73.6 Å². The van der Waals surface area contributed by atoms with Crippen LogP contribution in [0.15, 0.2) is 0 Å². The molecule has 2 rings (SSSR count). The smallest absolute Gasteiger partial charge is 0.0632 e. The second kappa shape index (κ2) is 9.19. The predicted molar refractivity (Wildman–Crippen MR) is 105 cm³/mol. The van der Waals surface area contributed by atoms with Gasteiger partial charge in [0.1, 0.15) is 0 Å². The molecule has 0 radical (unpaired) electrons. The summed E-state index contributed by atoms with van der Waals surface area (Å²) in [6.07, 6.45) is 6.72. The molecule has 2 aliphatic rings. The summed E-state index contributed by atoms with van der Waals surface area (Å²) in [5, 5.41) is 9.54. The largest absolute Gasteiger partial charge is 0.381 e. The van der Waals surface area contributed by atoms with Crippen molar-refractivity contribution in [3.8, 4) is 0 Å². The van der Waals surface area contributed by atoms with Crippen LogP contribution in [-0.4, -0.2) is 24.5 Å². The normalized spacial score (nSPS) is 40.8. The van der Waals surface area contributed by atoms with Crippen molar-refractivity contribution in [3.63, 3.8) is 0 Å². The average Bonchev–Trinajstić information content (AvgIpc) is 2.94. The van der Waals surface area contributed by atoms with Crippen molar-refractivity contribution in [2.45, 2.75) is 85.8 Å². The monoisotopic (exact) mass is 353 g/mol. The summed E-state index contributed by atoms with van der Waals surface area (Å²) < 4.78 is 6.00. The molecule has 0 saturated heterocycles. The molecule has 0 aromatic heterocycles. The Bertz CT molecular complexity index is 379. The third kappa shape index (κ3) is 4.99. The zero-order valence-corrected chi connectivity index (χ0v) is 17.7. The highest BCUT2D eigenvalue weighted by Gasteiger charge is 2.42. The van der Waals surface area contributed by atoms with E-state index in [0.717, 1.165) is 18.3 Å². The molecule has 0 spiro atoms. The lowest BCUT2D eigenvalue weighted by Crippen LogP contribution is -2.44. The minimum atomic E-state index is 0.294. The molecule has 3 heteroatoms. The van der Waals surface area contributed by atoms with Gasteiger partial charge in [-0.1, -0.05) is 41.5 Å². The maximum absolute atomic E-state index is 9.54. The van der Waals surface area contributed by atoms with Crippen LogP contribution >= 0.6 is 0 Å². The second-order valence-corrected chi connectivity index (χ2v) is 10.0. The lowest BCUT2D eigenvalue weighted by molar-refractivity contribution is -0.0704. The van der Waals surface area contributed by atoms with E-state index in [2.05, 4.69) is 47.0 Å². The van der Waals surface area contributed by atoms with Crippen LogP contribution in [0, 0.1) is 47.3 Å². The molecule has 3 nitrogen and oxygen atoms in total. The molecule has 2 aliphatic carbocycles. The van der Waals surface area contributed by atoms with Crippen LogP contribution in [0.4, 0.5) is 0 Å². The molecule has 2 fully saturated rings. The molecule has 6 unspecified atom stereocenters. The highest BCUT2D eigenvalue weighted by molar-refractivity contribution is 4.93. The van der Waals surface area contributed by atoms with E-state index in [9.17, 15) is 5.21 Å². The summed E-state index contributed by atoms with van der Waals surface area (Å²) in [5.41, 5.74) is 2.61. The van der Waals surface area contributed by atoms with Gasteiger partial charge >= 0.3 is 0 Å². The Kier molecular flexibility index (Phi) is 7.79. The van der Waals surface area contributed by atoms with Crippen LogP contribution in [0.5, 0.6) is 0 Å². The molecule has 25 heavy (non-hydrogen) atoms. The number of rotatable bonds is 7. The number of nitrogens with one attached hydrogen (secondary N) is 1. The number of hydrogen-bond acceptors (Lipinski definition) is 3. The lowest BCUT2D eigenvalue weighted by atomic mass is 9.64. The quantitative estimate of drug-likeness (QED) is 0.604. The molecule has 0 bridgehead atoms. The number of ether oxygens (including phenoxy) is 1. The van der Waals surface area contributed by atoms with Gasteiger partial charge in [-0.15, -0.1) is 0 Å². The molecule has 148 valence electrons. The number of methoxy groups -OCH3 is 1. The van der Waals surface area contributed by atoms with E-state index in [1.54, 1.807) is 0 Å². The van der Waals surface area contributed by atoms with E-state index in [1.807, 2.05) is 7.11 Å². The van der Waals surface area contributed by atoms with Gasteiger partial charge in [0.05, 0.1) is 6.10 Å². The maximum atomic E-state index is 9.54. The molecular weight excluding hydrogens is 310 g/mol. The van der Waals surface area contributed by atoms with Gasteiger partial charge in [0.25, 0.3) is 0 Å². The van der Waals surface area contributed by atoms with E-state index in [0.29, 0.717) is 47.7 Å². The average molecular weight is 354 g/mol. The molecular formula is C22H43NO2. The Morgan fingerprint density at radius 2 is 1.48 bits per heavy atom. The van der Waals surface area contributed by atoms with E-state index in [-0.39, 0.29) is 0 Å². The molecule has 0 aromatic rings. The standard InChI is InChI=1S/C22H43NO2/c1-13(2)18-11-17(12-19(14(3)4)22(18)25-7)10-16(6)20-8-15(5)9-21(20)23-24/h13-24H,8-12H2,1-7H3. The van der Waals surface area contributed by atoms with Crippen molar-refractivity contribution in [2.75, 3.05) is 7.11 Å². The van der Waals surface area contributed by atoms with Gasteiger partial charge in [-0.2, -0.15) is 0 Å². The molecule has 0 aliphatic heterocycles. The molecule has 2 saturated carbocycles. The fraction of sp³-hybridized carbons (Fsp3) is 1.00. The summed E-state index contributed by atoms with van der Waals surface area (Å²) in [7, 11) is 1.91. The minimum Gasteiger partial charge on any atom is -0.381 e. The van der Waals surface area contributed by atoms with Gasteiger partial charge in [-0.05, 0) is 79.4 Å². The summed E-state index contributed by atoms with van der Waals surface area (Å²) in [6.45, 7) is 14.2. The first-order chi connectivity index (χ1) is 11.8. The molecule has 0 heterocycles. The predicted octanol–water partition coefficient (Wildman–Crippen LogP) is 5.38. The minimum absolute atomic E-state index is 0.294. The molecule has 0 aromatic carbocycles. The van der Waals surface area contributed by atoms with Crippen LogP contribution in [0.3, 0.4) is 0 Å². The first kappa shape index (κ1) is 21.2. The fourth-order valence-electron chi connectivity index (χ4n) is 6.11. The van der Waals surface area contributed by atoms with Crippen molar-refractivity contribution in [1.29, 1.82) is 0 Å². The second-order valence-electron chi connectivity index (χ2n) is 10.0. The third-order valence-electron chi connectivity index (χ3n) is 7.49. The summed E-state index contributed by atoms with van der Waals surface area (Å²) in [4.78, 5) is 0. The van der Waals surface area contributed by atoms with Gasteiger partial charge in [0.2, 0.25) is 0 Å². The van der Waals surface area contributed by atoms with Crippen LogP contribution in [-0.2, 0) is 4.74 Å². The van der Waals surface area contributed by atoms with Gasteiger partial charge in [-0.25, -0.2) is 5.48 Å². The first-order valence-electron chi connectivity index (χ1n) is 10.7. The van der Waals surface area contributed by atoms with Crippen molar-refractivity contribution in [1.82, 2.24) is 5.48 Å². The highest BCUT2D eigenvalue weighted by Crippen LogP contribution is 2.46.